The van der Waals surface area contributed by atoms with Crippen molar-refractivity contribution in [2.75, 3.05) is 13.7 Å². The molecule has 0 radical (unpaired) electrons. The molecule has 2 rings (SSSR count). The van der Waals surface area contributed by atoms with E-state index in [1.165, 1.54) is 12.7 Å². The molecular weight excluding hydrogens is 242 g/mol. The van der Waals surface area contributed by atoms with E-state index in [9.17, 15) is 4.79 Å². The van der Waals surface area contributed by atoms with Crippen molar-refractivity contribution in [3.63, 3.8) is 0 Å². The topological polar surface area (TPSA) is 48.4 Å². The highest BCUT2D eigenvalue weighted by molar-refractivity contribution is 5.94. The largest absolute Gasteiger partial charge is 0.493 e. The molecule has 2 aromatic rings. The van der Waals surface area contributed by atoms with Crippen molar-refractivity contribution in [1.82, 2.24) is 4.98 Å². The summed E-state index contributed by atoms with van der Waals surface area (Å²) in [5.41, 5.74) is 2.22. The summed E-state index contributed by atoms with van der Waals surface area (Å²) in [6.45, 7) is 4.54. The molecule has 0 aliphatic carbocycles. The fourth-order valence-corrected chi connectivity index (χ4v) is 1.95. The molecule has 0 fully saturated rings. The molecule has 100 valence electrons. The zero-order valence-corrected chi connectivity index (χ0v) is 11.4. The number of pyridine rings is 1. The molecule has 1 aromatic heterocycles. The smallest absolute Gasteiger partial charge is 0.356 e. The molecule has 19 heavy (non-hydrogen) atoms. The zero-order valence-electron chi connectivity index (χ0n) is 11.4. The van der Waals surface area contributed by atoms with Crippen molar-refractivity contribution in [2.45, 2.75) is 20.3 Å². The monoisotopic (exact) mass is 259 g/mol. The van der Waals surface area contributed by atoms with Gasteiger partial charge in [-0.15, -0.1) is 0 Å². The van der Waals surface area contributed by atoms with E-state index in [1.807, 2.05) is 25.1 Å². The quantitative estimate of drug-likeness (QED) is 0.792. The highest BCUT2D eigenvalue weighted by atomic mass is 16.5. The Morgan fingerprint density at radius 3 is 2.68 bits per heavy atom. The van der Waals surface area contributed by atoms with E-state index in [2.05, 4.69) is 11.9 Å². The van der Waals surface area contributed by atoms with Gasteiger partial charge in [0.05, 0.1) is 19.2 Å². The molecule has 0 unspecified atom stereocenters. The second-order valence-corrected chi connectivity index (χ2v) is 4.14. The van der Waals surface area contributed by atoms with Crippen molar-refractivity contribution in [3.8, 4) is 5.75 Å². The van der Waals surface area contributed by atoms with Crippen LogP contribution in [0.15, 0.2) is 24.3 Å². The van der Waals surface area contributed by atoms with Crippen molar-refractivity contribution < 1.29 is 14.3 Å². The van der Waals surface area contributed by atoms with E-state index in [0.29, 0.717) is 12.4 Å². The minimum atomic E-state index is -0.456. The number of aryl methyl sites for hydroxylation is 1. The summed E-state index contributed by atoms with van der Waals surface area (Å²) in [5, 5.41) is 0.925. The molecule has 0 aliphatic rings. The fraction of sp³-hybridized carbons (Fsp3) is 0.333. The number of esters is 1. The van der Waals surface area contributed by atoms with Gasteiger partial charge in [-0.2, -0.15) is 0 Å². The van der Waals surface area contributed by atoms with Gasteiger partial charge in [-0.3, -0.25) is 0 Å². The van der Waals surface area contributed by atoms with Crippen LogP contribution in [0.25, 0.3) is 10.9 Å². The Morgan fingerprint density at radius 1 is 1.26 bits per heavy atom. The van der Waals surface area contributed by atoms with Crippen LogP contribution in [-0.2, 0) is 11.2 Å². The number of fused-ring (bicyclic) bond motifs is 1. The Labute approximate surface area is 112 Å². The molecule has 0 saturated heterocycles. The number of benzene rings is 1. The number of ether oxygens (including phenoxy) is 2. The van der Waals surface area contributed by atoms with Crippen LogP contribution in [0.1, 0.15) is 29.9 Å². The SMILES string of the molecule is CCOc1cc(C(=O)OC)nc2ccc(CC)cc12. The highest BCUT2D eigenvalue weighted by Crippen LogP contribution is 2.27. The van der Waals surface area contributed by atoms with Gasteiger partial charge in [0, 0.05) is 11.5 Å². The van der Waals surface area contributed by atoms with Gasteiger partial charge in [-0.25, -0.2) is 9.78 Å². The third kappa shape index (κ3) is 2.67. The summed E-state index contributed by atoms with van der Waals surface area (Å²) in [4.78, 5) is 15.9. The van der Waals surface area contributed by atoms with E-state index >= 15 is 0 Å². The third-order valence-electron chi connectivity index (χ3n) is 2.94. The number of methoxy groups -OCH3 is 1. The molecule has 4 heteroatoms. The Kier molecular flexibility index (Phi) is 4.00. The Morgan fingerprint density at radius 2 is 2.05 bits per heavy atom. The minimum Gasteiger partial charge on any atom is -0.493 e. The minimum absolute atomic E-state index is 0.266. The maximum Gasteiger partial charge on any atom is 0.356 e. The summed E-state index contributed by atoms with van der Waals surface area (Å²) in [5.74, 6) is 0.214. The lowest BCUT2D eigenvalue weighted by molar-refractivity contribution is 0.0594. The van der Waals surface area contributed by atoms with Gasteiger partial charge in [-0.05, 0) is 31.0 Å². The Hall–Kier alpha value is -2.10. The van der Waals surface area contributed by atoms with E-state index in [1.54, 1.807) is 6.07 Å². The van der Waals surface area contributed by atoms with Crippen LogP contribution in [0.5, 0.6) is 5.75 Å². The number of hydrogen-bond donors (Lipinski definition) is 0. The second kappa shape index (κ2) is 5.69. The third-order valence-corrected chi connectivity index (χ3v) is 2.94. The normalized spacial score (nSPS) is 10.5. The number of carbonyl (C=O) groups excluding carboxylic acids is 1. The predicted molar refractivity (Wildman–Crippen MR) is 73.6 cm³/mol. The number of nitrogens with zero attached hydrogens (tertiary/aromatic N) is 1. The van der Waals surface area contributed by atoms with Gasteiger partial charge < -0.3 is 9.47 Å². The Balaban J connectivity index is 2.64. The summed E-state index contributed by atoms with van der Waals surface area (Å²) in [7, 11) is 1.34. The van der Waals surface area contributed by atoms with Crippen LogP contribution in [-0.4, -0.2) is 24.7 Å². The van der Waals surface area contributed by atoms with Crippen LogP contribution in [0.4, 0.5) is 0 Å². The maximum atomic E-state index is 11.6. The van der Waals surface area contributed by atoms with Crippen molar-refractivity contribution in [3.05, 3.63) is 35.5 Å². The van der Waals surface area contributed by atoms with Crippen LogP contribution >= 0.6 is 0 Å². The highest BCUT2D eigenvalue weighted by Gasteiger charge is 2.13. The first-order valence-electron chi connectivity index (χ1n) is 6.34. The van der Waals surface area contributed by atoms with E-state index in [0.717, 1.165) is 17.3 Å². The average molecular weight is 259 g/mol. The van der Waals surface area contributed by atoms with Gasteiger partial charge in [0.2, 0.25) is 0 Å². The Bertz CT molecular complexity index is 608. The number of rotatable bonds is 4. The molecule has 1 heterocycles. The molecule has 0 amide bonds. The van der Waals surface area contributed by atoms with Crippen LogP contribution < -0.4 is 4.74 Å². The van der Waals surface area contributed by atoms with Gasteiger partial charge in [0.15, 0.2) is 5.69 Å². The lowest BCUT2D eigenvalue weighted by Gasteiger charge is -2.10. The predicted octanol–water partition coefficient (Wildman–Crippen LogP) is 2.98. The van der Waals surface area contributed by atoms with Gasteiger partial charge in [-0.1, -0.05) is 13.0 Å². The summed E-state index contributed by atoms with van der Waals surface area (Å²) >= 11 is 0. The average Bonchev–Trinajstić information content (AvgIpc) is 2.46. The molecule has 1 aromatic carbocycles. The maximum absolute atomic E-state index is 11.6. The van der Waals surface area contributed by atoms with E-state index in [-0.39, 0.29) is 5.69 Å². The number of hydrogen-bond acceptors (Lipinski definition) is 4. The molecular formula is C15H17NO3. The summed E-state index contributed by atoms with van der Waals surface area (Å²) < 4.78 is 10.3. The van der Waals surface area contributed by atoms with Gasteiger partial charge in [0.1, 0.15) is 5.75 Å². The lowest BCUT2D eigenvalue weighted by Crippen LogP contribution is -2.06. The van der Waals surface area contributed by atoms with Crippen molar-refractivity contribution in [2.24, 2.45) is 0 Å². The van der Waals surface area contributed by atoms with Crippen LogP contribution in [0.3, 0.4) is 0 Å². The molecule has 0 saturated carbocycles. The zero-order chi connectivity index (χ0) is 13.8. The van der Waals surface area contributed by atoms with Gasteiger partial charge in [0.25, 0.3) is 0 Å². The standard InChI is InChI=1S/C15H17NO3/c1-4-10-6-7-12-11(8-10)14(19-5-2)9-13(16-12)15(17)18-3/h6-9H,4-5H2,1-3H3. The van der Waals surface area contributed by atoms with Crippen LogP contribution in [0.2, 0.25) is 0 Å². The summed E-state index contributed by atoms with van der Waals surface area (Å²) in [6.07, 6.45) is 0.945. The molecule has 0 bridgehead atoms. The molecule has 0 spiro atoms. The first-order valence-corrected chi connectivity index (χ1v) is 6.34. The fourth-order valence-electron chi connectivity index (χ4n) is 1.95. The molecule has 0 atom stereocenters. The van der Waals surface area contributed by atoms with E-state index < -0.39 is 5.97 Å². The molecule has 4 nitrogen and oxygen atoms in total. The van der Waals surface area contributed by atoms with Crippen molar-refractivity contribution >= 4 is 16.9 Å². The van der Waals surface area contributed by atoms with Crippen LogP contribution in [0, 0.1) is 0 Å². The van der Waals surface area contributed by atoms with E-state index in [4.69, 9.17) is 9.47 Å². The lowest BCUT2D eigenvalue weighted by atomic mass is 10.1. The number of carbonyl (C=O) groups is 1. The summed E-state index contributed by atoms with van der Waals surface area (Å²) in [6, 6.07) is 7.60. The molecule has 0 N–H and O–H groups in total. The molecule has 0 aliphatic heterocycles. The number of aromatic nitrogens is 1. The van der Waals surface area contributed by atoms with Crippen molar-refractivity contribution in [1.29, 1.82) is 0 Å². The first-order chi connectivity index (χ1) is 9.19. The first kappa shape index (κ1) is 13.3. The van der Waals surface area contributed by atoms with Gasteiger partial charge >= 0.3 is 5.97 Å². The second-order valence-electron chi connectivity index (χ2n) is 4.14.